The van der Waals surface area contributed by atoms with Gasteiger partial charge in [0, 0.05) is 26.5 Å². The molecule has 5 heteroatoms. The van der Waals surface area contributed by atoms with Gasteiger partial charge < -0.3 is 0 Å². The molecule has 0 bridgehead atoms. The molecule has 1 aromatic carbocycles. The Morgan fingerprint density at radius 3 is 2.52 bits per heavy atom. The number of carbonyl (C=O) groups excluding carboxylic acids is 2. The maximum atomic E-state index is 12.2. The van der Waals surface area contributed by atoms with Crippen molar-refractivity contribution in [2.24, 2.45) is 0 Å². The van der Waals surface area contributed by atoms with Crippen LogP contribution in [0.4, 0.5) is 0 Å². The number of amides is 2. The highest BCUT2D eigenvalue weighted by atomic mass is 32.1. The van der Waals surface area contributed by atoms with Crippen molar-refractivity contribution >= 4 is 46.1 Å². The normalized spacial score (nSPS) is 15.6. The second kappa shape index (κ2) is 5.61. The minimum Gasteiger partial charge on any atom is -0.288 e. The Labute approximate surface area is 140 Å². The molecule has 1 aliphatic heterocycles. The second-order valence-electron chi connectivity index (χ2n) is 5.10. The molecule has 112 valence electrons. The van der Waals surface area contributed by atoms with E-state index < -0.39 is 0 Å². The molecule has 3 nitrogen and oxygen atoms in total. The zero-order valence-corrected chi connectivity index (χ0v) is 13.5. The van der Waals surface area contributed by atoms with Gasteiger partial charge in [-0.05, 0) is 40.6 Å². The first-order valence-electron chi connectivity index (χ1n) is 7.01. The lowest BCUT2D eigenvalue weighted by Gasteiger charge is -2.17. The number of hydrogen-bond acceptors (Lipinski definition) is 4. The summed E-state index contributed by atoms with van der Waals surface area (Å²) < 4.78 is 0. The van der Waals surface area contributed by atoms with Gasteiger partial charge in [-0.2, -0.15) is 0 Å². The van der Waals surface area contributed by atoms with Crippen molar-refractivity contribution in [3.8, 4) is 10.4 Å². The maximum absolute atomic E-state index is 12.2. The summed E-state index contributed by atoms with van der Waals surface area (Å²) in [5.41, 5.74) is 2.90. The molecule has 0 radical (unpaired) electrons. The summed E-state index contributed by atoms with van der Waals surface area (Å²) >= 11 is 3.27. The Bertz CT molecular complexity index is 936. The van der Waals surface area contributed by atoms with Gasteiger partial charge in [-0.15, -0.1) is 22.7 Å². The van der Waals surface area contributed by atoms with Crippen LogP contribution >= 0.6 is 22.7 Å². The number of benzene rings is 1. The van der Waals surface area contributed by atoms with E-state index in [-0.39, 0.29) is 11.8 Å². The predicted molar refractivity (Wildman–Crippen MR) is 94.4 cm³/mol. The van der Waals surface area contributed by atoms with Gasteiger partial charge in [-0.1, -0.05) is 24.3 Å². The molecular formula is C18H11NO2S2. The average Bonchev–Trinajstić information content (AvgIpc) is 3.22. The molecule has 0 aliphatic carbocycles. The molecule has 23 heavy (non-hydrogen) atoms. The average molecular weight is 337 g/mol. The van der Waals surface area contributed by atoms with Crippen LogP contribution in [0.1, 0.15) is 20.8 Å². The molecule has 0 saturated heterocycles. The zero-order chi connectivity index (χ0) is 15.8. The molecule has 3 heterocycles. The lowest BCUT2D eigenvalue weighted by atomic mass is 9.94. The Hall–Kier alpha value is -2.50. The summed E-state index contributed by atoms with van der Waals surface area (Å²) in [6.45, 7) is 0. The van der Waals surface area contributed by atoms with Crippen molar-refractivity contribution < 1.29 is 9.59 Å². The van der Waals surface area contributed by atoms with E-state index in [1.165, 1.54) is 4.88 Å². The molecule has 3 aromatic rings. The number of nitrogens with one attached hydrogen (secondary N) is 1. The smallest absolute Gasteiger partial charge is 0.258 e. The standard InChI is InChI=1S/C18H11NO2S2/c20-17-14-5-2-1-4-13(14)15(18(21)19-17)9-12-8-11(10-23-12)16-6-3-7-22-16/h1-10H,(H,19,20,21)/b15-9+. The Kier molecular flexibility index (Phi) is 3.44. The number of thiophene rings is 2. The summed E-state index contributed by atoms with van der Waals surface area (Å²) in [4.78, 5) is 26.3. The molecule has 1 aliphatic rings. The molecule has 0 fully saturated rings. The fourth-order valence-corrected chi connectivity index (χ4v) is 4.19. The molecule has 0 spiro atoms. The summed E-state index contributed by atoms with van der Waals surface area (Å²) in [6.07, 6.45) is 1.85. The largest absolute Gasteiger partial charge is 0.288 e. The zero-order valence-electron chi connectivity index (χ0n) is 11.9. The highest BCUT2D eigenvalue weighted by Crippen LogP contribution is 2.32. The van der Waals surface area contributed by atoms with Gasteiger partial charge in [-0.3, -0.25) is 14.9 Å². The van der Waals surface area contributed by atoms with Crippen molar-refractivity contribution in [3.63, 3.8) is 0 Å². The maximum Gasteiger partial charge on any atom is 0.258 e. The number of imide groups is 1. The first-order chi connectivity index (χ1) is 11.2. The predicted octanol–water partition coefficient (Wildman–Crippen LogP) is 4.29. The van der Waals surface area contributed by atoms with Crippen LogP contribution in [0.2, 0.25) is 0 Å². The van der Waals surface area contributed by atoms with Gasteiger partial charge in [-0.25, -0.2) is 0 Å². The van der Waals surface area contributed by atoms with Gasteiger partial charge in [0.2, 0.25) is 0 Å². The van der Waals surface area contributed by atoms with E-state index in [2.05, 4.69) is 22.8 Å². The molecule has 0 saturated carbocycles. The van der Waals surface area contributed by atoms with E-state index in [9.17, 15) is 9.59 Å². The van der Waals surface area contributed by atoms with Crippen LogP contribution in [0.5, 0.6) is 0 Å². The SMILES string of the molecule is O=C1NC(=O)c2ccccc2/C1=C\c1cc(-c2cccs2)cs1. The topological polar surface area (TPSA) is 46.2 Å². The number of carbonyl (C=O) groups is 2. The van der Waals surface area contributed by atoms with Crippen LogP contribution in [0.3, 0.4) is 0 Å². The van der Waals surface area contributed by atoms with Crippen molar-refractivity contribution in [1.82, 2.24) is 5.32 Å². The Balaban J connectivity index is 1.78. The van der Waals surface area contributed by atoms with E-state index in [0.717, 1.165) is 10.4 Å². The van der Waals surface area contributed by atoms with Crippen LogP contribution in [-0.2, 0) is 4.79 Å². The third-order valence-corrected chi connectivity index (χ3v) is 5.44. The third kappa shape index (κ3) is 2.54. The Morgan fingerprint density at radius 2 is 1.74 bits per heavy atom. The molecule has 2 aromatic heterocycles. The lowest BCUT2D eigenvalue weighted by molar-refractivity contribution is -0.114. The Morgan fingerprint density at radius 1 is 0.913 bits per heavy atom. The third-order valence-electron chi connectivity index (χ3n) is 3.65. The van der Waals surface area contributed by atoms with E-state index in [1.54, 1.807) is 34.8 Å². The van der Waals surface area contributed by atoms with Crippen LogP contribution < -0.4 is 5.32 Å². The number of fused-ring (bicyclic) bond motifs is 1. The second-order valence-corrected chi connectivity index (χ2v) is 6.99. The van der Waals surface area contributed by atoms with Gasteiger partial charge in [0.05, 0.1) is 0 Å². The van der Waals surface area contributed by atoms with E-state index in [4.69, 9.17) is 0 Å². The fraction of sp³-hybridized carbons (Fsp3) is 0. The van der Waals surface area contributed by atoms with Crippen LogP contribution in [0, 0.1) is 0 Å². The van der Waals surface area contributed by atoms with Crippen molar-refractivity contribution in [2.75, 3.05) is 0 Å². The molecule has 0 atom stereocenters. The van der Waals surface area contributed by atoms with E-state index in [0.29, 0.717) is 16.7 Å². The molecule has 0 unspecified atom stereocenters. The first kappa shape index (κ1) is 14.1. The lowest BCUT2D eigenvalue weighted by Crippen LogP contribution is -2.36. The van der Waals surface area contributed by atoms with Crippen molar-refractivity contribution in [3.05, 3.63) is 69.2 Å². The van der Waals surface area contributed by atoms with Gasteiger partial charge in [0.1, 0.15) is 0 Å². The first-order valence-corrected chi connectivity index (χ1v) is 8.77. The van der Waals surface area contributed by atoms with Gasteiger partial charge >= 0.3 is 0 Å². The summed E-state index contributed by atoms with van der Waals surface area (Å²) in [6, 6.07) is 13.3. The van der Waals surface area contributed by atoms with Crippen LogP contribution in [0.25, 0.3) is 22.1 Å². The van der Waals surface area contributed by atoms with Crippen LogP contribution in [0.15, 0.2) is 53.2 Å². The quantitative estimate of drug-likeness (QED) is 0.560. The number of hydrogen-bond donors (Lipinski definition) is 1. The van der Waals surface area contributed by atoms with Crippen LogP contribution in [-0.4, -0.2) is 11.8 Å². The molecule has 2 amide bonds. The minimum absolute atomic E-state index is 0.340. The van der Waals surface area contributed by atoms with E-state index >= 15 is 0 Å². The highest BCUT2D eigenvalue weighted by Gasteiger charge is 2.26. The van der Waals surface area contributed by atoms with Gasteiger partial charge in [0.15, 0.2) is 0 Å². The summed E-state index contributed by atoms with van der Waals surface area (Å²) in [5.74, 6) is -0.687. The van der Waals surface area contributed by atoms with E-state index in [1.807, 2.05) is 29.7 Å². The van der Waals surface area contributed by atoms with Crippen molar-refractivity contribution in [2.45, 2.75) is 0 Å². The fourth-order valence-electron chi connectivity index (χ4n) is 2.56. The van der Waals surface area contributed by atoms with Gasteiger partial charge in [0.25, 0.3) is 11.8 Å². The minimum atomic E-state index is -0.347. The monoisotopic (exact) mass is 337 g/mol. The van der Waals surface area contributed by atoms with Crippen molar-refractivity contribution in [1.29, 1.82) is 0 Å². The summed E-state index contributed by atoms with van der Waals surface area (Å²) in [7, 11) is 0. The summed E-state index contributed by atoms with van der Waals surface area (Å²) in [5, 5.41) is 6.52. The molecular weight excluding hydrogens is 326 g/mol. The molecule has 1 N–H and O–H groups in total. The number of rotatable bonds is 2. The molecule has 4 rings (SSSR count). The highest BCUT2D eigenvalue weighted by molar-refractivity contribution is 7.15.